The van der Waals surface area contributed by atoms with Crippen LogP contribution in [-0.4, -0.2) is 191 Å². The van der Waals surface area contributed by atoms with E-state index in [1.807, 2.05) is 0 Å². The zero-order valence-electron chi connectivity index (χ0n) is 34.6. The van der Waals surface area contributed by atoms with Crippen molar-refractivity contribution >= 4 is 23.0 Å². The molecule has 0 aliphatic carbocycles. The number of aliphatic hydroxyl groups excluding tert-OH is 10. The van der Waals surface area contributed by atoms with E-state index in [1.54, 1.807) is 0 Å². The van der Waals surface area contributed by atoms with Crippen molar-refractivity contribution in [3.63, 3.8) is 0 Å². The van der Waals surface area contributed by atoms with Crippen LogP contribution in [0.5, 0.6) is 34.5 Å². The van der Waals surface area contributed by atoms with E-state index in [-0.39, 0.29) is 51.0 Å². The molecule has 0 saturated carbocycles. The van der Waals surface area contributed by atoms with Gasteiger partial charge in [0, 0.05) is 18.2 Å². The SMILES string of the molecule is COc1cc(/C=C/C(=O)OC[C@H]2O[C@@H](Oc3cc4c(O[C@@H]5O[C@H](CO)[C@@H](O)[C@H](O)[C@H]5O)cc(O)cc4[o+]c3-c3ccc(O)cc3)[C@H](O[C@@H]3O[C@H](CO)[C@@H](O)[C@H](O)[C@H]3O)[C@@H](O)[C@@H]2O)ccc1O. The Morgan fingerprint density at radius 1 is 0.636 bits per heavy atom. The largest absolute Gasteiger partial charge is 0.508 e. The molecule has 3 fully saturated rings. The molecule has 13 N–H and O–H groups in total. The molecule has 7 rings (SSSR count). The Morgan fingerprint density at radius 3 is 1.89 bits per heavy atom. The highest BCUT2D eigenvalue weighted by molar-refractivity contribution is 5.89. The van der Waals surface area contributed by atoms with E-state index < -0.39 is 124 Å². The van der Waals surface area contributed by atoms with Gasteiger partial charge in [-0.05, 0) is 48.0 Å². The molecule has 1 aromatic heterocycles. The van der Waals surface area contributed by atoms with Crippen molar-refractivity contribution in [2.24, 2.45) is 0 Å². The van der Waals surface area contributed by atoms with Crippen molar-refractivity contribution in [2.75, 3.05) is 26.9 Å². The summed E-state index contributed by atoms with van der Waals surface area (Å²) in [4.78, 5) is 12.9. The molecule has 3 aliphatic heterocycles. The van der Waals surface area contributed by atoms with Crippen LogP contribution in [0.3, 0.4) is 0 Å². The van der Waals surface area contributed by atoms with Gasteiger partial charge in [0.2, 0.25) is 18.3 Å². The minimum Gasteiger partial charge on any atom is -0.508 e. The number of phenolic OH excluding ortho intramolecular Hbond substituents is 3. The lowest BCUT2D eigenvalue weighted by Crippen LogP contribution is -2.65. The van der Waals surface area contributed by atoms with Crippen molar-refractivity contribution in [1.82, 2.24) is 0 Å². The Morgan fingerprint density at radius 2 is 1.24 bits per heavy atom. The smallest absolute Gasteiger partial charge is 0.402 e. The molecular formula is C43H49O23+. The van der Waals surface area contributed by atoms with Gasteiger partial charge in [0.25, 0.3) is 0 Å². The summed E-state index contributed by atoms with van der Waals surface area (Å²) in [5.41, 5.74) is 0.549. The number of esters is 1. The standard InChI is InChI=1S/C43H48O23/c1-58-25-10-17(2-8-22(25)48)3-9-30(49)59-16-29-33(52)36(55)40(66-42-38(57)35(54)32(51)28(15-45)64-42)43(65-29)62-26-13-21-23(60-39(26)18-4-6-19(46)7-5-18)11-20(47)12-24(21)61-41-37(56)34(53)31(50)27(14-44)63-41/h2-13,27-29,31-38,40-45,50-57H,14-16H2,1H3,(H2-,46,47,48,49)/p+1/t27-,28-,29-,31-,32-,33-,34+,35+,36+,37-,38-,40-,41-,42+,43-/m1/s1. The molecule has 0 radical (unpaired) electrons. The van der Waals surface area contributed by atoms with Gasteiger partial charge in [-0.1, -0.05) is 6.07 Å². The Balaban J connectivity index is 1.25. The summed E-state index contributed by atoms with van der Waals surface area (Å²) in [6.45, 7) is -2.36. The summed E-state index contributed by atoms with van der Waals surface area (Å²) >= 11 is 0. The molecule has 358 valence electrons. The highest BCUT2D eigenvalue weighted by Gasteiger charge is 2.52. The molecule has 15 atom stereocenters. The van der Waals surface area contributed by atoms with Crippen LogP contribution in [0.4, 0.5) is 0 Å². The van der Waals surface area contributed by atoms with E-state index >= 15 is 0 Å². The fourth-order valence-corrected chi connectivity index (χ4v) is 7.38. The quantitative estimate of drug-likeness (QED) is 0.0368. The predicted molar refractivity (Wildman–Crippen MR) is 218 cm³/mol. The van der Waals surface area contributed by atoms with Gasteiger partial charge in [0.15, 0.2) is 23.9 Å². The molecule has 23 heteroatoms. The zero-order chi connectivity index (χ0) is 47.6. The minimum atomic E-state index is -2.05. The maximum absolute atomic E-state index is 12.9. The molecule has 3 saturated heterocycles. The van der Waals surface area contributed by atoms with Crippen LogP contribution < -0.4 is 14.2 Å². The summed E-state index contributed by atoms with van der Waals surface area (Å²) in [5, 5.41) is 136. The first-order valence-electron chi connectivity index (χ1n) is 20.3. The van der Waals surface area contributed by atoms with E-state index in [1.165, 1.54) is 67.8 Å². The fraction of sp³-hybridized carbons (Fsp3) is 0.442. The van der Waals surface area contributed by atoms with E-state index in [0.717, 1.165) is 12.1 Å². The Kier molecular flexibility index (Phi) is 15.1. The van der Waals surface area contributed by atoms with Gasteiger partial charge in [0.05, 0.1) is 32.0 Å². The maximum atomic E-state index is 12.9. The number of aliphatic hydroxyl groups is 10. The number of phenols is 3. The average Bonchev–Trinajstić information content (AvgIpc) is 3.30. The van der Waals surface area contributed by atoms with Crippen molar-refractivity contribution in [1.29, 1.82) is 0 Å². The van der Waals surface area contributed by atoms with Crippen LogP contribution in [0.1, 0.15) is 5.56 Å². The lowest BCUT2D eigenvalue weighted by molar-refractivity contribution is -0.357. The van der Waals surface area contributed by atoms with Gasteiger partial charge in [-0.2, -0.15) is 0 Å². The number of hydrogen-bond acceptors (Lipinski definition) is 22. The van der Waals surface area contributed by atoms with Crippen LogP contribution in [0.2, 0.25) is 0 Å². The lowest BCUT2D eigenvalue weighted by atomic mass is 9.97. The second-order valence-corrected chi connectivity index (χ2v) is 15.5. The molecule has 4 aromatic rings. The van der Waals surface area contributed by atoms with E-state index in [9.17, 15) is 71.2 Å². The molecule has 3 aromatic carbocycles. The Bertz CT molecular complexity index is 2320. The maximum Gasteiger partial charge on any atom is 0.402 e. The summed E-state index contributed by atoms with van der Waals surface area (Å²) in [6, 6.07) is 13.2. The van der Waals surface area contributed by atoms with Crippen molar-refractivity contribution in [2.45, 2.75) is 92.1 Å². The predicted octanol–water partition coefficient (Wildman–Crippen LogP) is -2.05. The van der Waals surface area contributed by atoms with Crippen molar-refractivity contribution in [3.05, 3.63) is 72.3 Å². The van der Waals surface area contributed by atoms with E-state index in [0.29, 0.717) is 5.56 Å². The molecule has 3 aliphatic rings. The highest BCUT2D eigenvalue weighted by Crippen LogP contribution is 2.43. The van der Waals surface area contributed by atoms with Crippen molar-refractivity contribution < 1.29 is 113 Å². The second-order valence-electron chi connectivity index (χ2n) is 15.5. The molecule has 0 unspecified atom stereocenters. The van der Waals surface area contributed by atoms with Gasteiger partial charge in [0.1, 0.15) is 96.4 Å². The Hall–Kier alpha value is -5.48. The van der Waals surface area contributed by atoms with Crippen LogP contribution in [0, 0.1) is 0 Å². The third-order valence-electron chi connectivity index (χ3n) is 11.1. The number of benzene rings is 3. The molecule has 0 amide bonds. The van der Waals surface area contributed by atoms with Gasteiger partial charge in [-0.25, -0.2) is 9.21 Å². The first kappa shape index (κ1) is 48.5. The molecule has 0 spiro atoms. The zero-order valence-corrected chi connectivity index (χ0v) is 34.6. The monoisotopic (exact) mass is 933 g/mol. The lowest BCUT2D eigenvalue weighted by Gasteiger charge is -2.45. The number of rotatable bonds is 14. The molecule has 23 nitrogen and oxygen atoms in total. The number of hydrogen-bond donors (Lipinski definition) is 13. The Labute approximate surface area is 373 Å². The topological polar surface area (TPSA) is 365 Å². The van der Waals surface area contributed by atoms with E-state index in [2.05, 4.69) is 0 Å². The second kappa shape index (κ2) is 20.6. The van der Waals surface area contributed by atoms with Crippen molar-refractivity contribution in [3.8, 4) is 45.8 Å². The van der Waals surface area contributed by atoms with Gasteiger partial charge in [-0.15, -0.1) is 0 Å². The number of carbonyl (C=O) groups is 1. The minimum absolute atomic E-state index is 0.0337. The summed E-state index contributed by atoms with van der Waals surface area (Å²) in [7, 11) is 1.34. The number of ether oxygens (including phenoxy) is 8. The first-order valence-corrected chi connectivity index (χ1v) is 20.3. The first-order chi connectivity index (χ1) is 31.5. The molecule has 66 heavy (non-hydrogen) atoms. The van der Waals surface area contributed by atoms with Crippen LogP contribution in [0.25, 0.3) is 28.4 Å². The van der Waals surface area contributed by atoms with Crippen LogP contribution in [-0.2, 0) is 28.5 Å². The summed E-state index contributed by atoms with van der Waals surface area (Å²) < 4.78 is 51.9. The van der Waals surface area contributed by atoms with Crippen LogP contribution >= 0.6 is 0 Å². The van der Waals surface area contributed by atoms with Gasteiger partial charge in [-0.3, -0.25) is 0 Å². The number of methoxy groups -OCH3 is 1. The normalized spacial score (nSPS) is 32.6. The fourth-order valence-electron chi connectivity index (χ4n) is 7.38. The number of carbonyl (C=O) groups excluding carboxylic acids is 1. The van der Waals surface area contributed by atoms with E-state index in [4.69, 9.17) is 42.3 Å². The third kappa shape index (κ3) is 10.2. The summed E-state index contributed by atoms with van der Waals surface area (Å²) in [5.74, 6) is -2.26. The number of fused-ring (bicyclic) bond motifs is 1. The van der Waals surface area contributed by atoms with Crippen LogP contribution in [0.15, 0.2) is 71.2 Å². The van der Waals surface area contributed by atoms with Gasteiger partial charge >= 0.3 is 17.3 Å². The third-order valence-corrected chi connectivity index (χ3v) is 11.1. The molecular weight excluding hydrogens is 884 g/mol. The summed E-state index contributed by atoms with van der Waals surface area (Å²) in [6.07, 6.45) is -24.7. The average molecular weight is 934 g/mol. The number of aromatic hydroxyl groups is 3. The molecule has 0 bridgehead atoms. The highest BCUT2D eigenvalue weighted by atomic mass is 16.8. The molecule has 4 heterocycles. The van der Waals surface area contributed by atoms with Gasteiger partial charge < -0.3 is 104 Å².